The number of phenols is 8. The monoisotopic (exact) mass is 630 g/mol. The summed E-state index contributed by atoms with van der Waals surface area (Å²) in [5.74, 6) is -3.12. The van der Waals surface area contributed by atoms with Gasteiger partial charge in [0.15, 0.2) is 46.0 Å². The number of allylic oxidation sites excluding steroid dienone is 5. The van der Waals surface area contributed by atoms with Crippen molar-refractivity contribution in [3.63, 3.8) is 0 Å². The van der Waals surface area contributed by atoms with E-state index in [0.717, 1.165) is 16.7 Å². The van der Waals surface area contributed by atoms with Gasteiger partial charge in [-0.25, -0.2) is 0 Å². The van der Waals surface area contributed by atoms with Crippen LogP contribution in [0.3, 0.4) is 0 Å². The predicted octanol–water partition coefficient (Wildman–Crippen LogP) is 7.86. The molecule has 0 heterocycles. The number of hydrogen-bond donors (Lipinski definition) is 8. The molecule has 0 fully saturated rings. The molecule has 0 saturated heterocycles. The summed E-state index contributed by atoms with van der Waals surface area (Å²) < 4.78 is 0. The predicted molar refractivity (Wildman–Crippen MR) is 180 cm³/mol. The Morgan fingerprint density at radius 1 is 0.468 bits per heavy atom. The van der Waals surface area contributed by atoms with Crippen LogP contribution in [0.1, 0.15) is 52.1 Å². The molecular formula is C39H34O8. The Labute approximate surface area is 271 Å². The quantitative estimate of drug-likeness (QED) is 0.0464. The number of phenolic OH excluding ortho intramolecular Hbond substituents is 8. The number of aromatic hydroxyl groups is 8. The molecule has 8 heteroatoms. The van der Waals surface area contributed by atoms with Gasteiger partial charge in [0.25, 0.3) is 0 Å². The fourth-order valence-electron chi connectivity index (χ4n) is 5.58. The van der Waals surface area contributed by atoms with Crippen molar-refractivity contribution in [2.75, 3.05) is 0 Å². The van der Waals surface area contributed by atoms with E-state index in [0.29, 0.717) is 27.8 Å². The van der Waals surface area contributed by atoms with Gasteiger partial charge < -0.3 is 40.9 Å². The van der Waals surface area contributed by atoms with Gasteiger partial charge in [0, 0.05) is 11.8 Å². The van der Waals surface area contributed by atoms with E-state index in [1.165, 1.54) is 48.5 Å². The zero-order valence-corrected chi connectivity index (χ0v) is 25.4. The van der Waals surface area contributed by atoms with E-state index in [2.05, 4.69) is 6.58 Å². The van der Waals surface area contributed by atoms with Crippen LogP contribution in [0.4, 0.5) is 0 Å². The van der Waals surface area contributed by atoms with Crippen LogP contribution in [0.15, 0.2) is 127 Å². The molecule has 0 aromatic heterocycles. The average molecular weight is 631 g/mol. The Morgan fingerprint density at radius 2 is 0.830 bits per heavy atom. The van der Waals surface area contributed by atoms with Crippen LogP contribution in [-0.2, 0) is 0 Å². The Bertz CT molecular complexity index is 1900. The van der Waals surface area contributed by atoms with Gasteiger partial charge in [0.2, 0.25) is 0 Å². The number of benzene rings is 5. The standard InChI is InChI=1S/C39H34O8/c1-3-23(38(26-10-14-30(40)34(44)18-26)27-11-15-31(41)35(45)19-27)5-4-22(2)24-6-8-25(9-7-24)39(28-12-16-32(42)36(46)20-28)29-13-17-33(43)37(47)21-29/h3-21,38-47H,2H2,1H3/b5-4-,23-3+. The first kappa shape index (κ1) is 32.1. The van der Waals surface area contributed by atoms with Crippen molar-refractivity contribution < 1.29 is 40.9 Å². The van der Waals surface area contributed by atoms with Gasteiger partial charge in [-0.2, -0.15) is 0 Å². The molecule has 0 bridgehead atoms. The van der Waals surface area contributed by atoms with Gasteiger partial charge in [-0.1, -0.05) is 73.3 Å². The lowest BCUT2D eigenvalue weighted by Gasteiger charge is -2.21. The highest BCUT2D eigenvalue weighted by Gasteiger charge is 2.22. The van der Waals surface area contributed by atoms with Crippen LogP contribution in [0, 0.1) is 0 Å². The molecule has 0 spiro atoms. The van der Waals surface area contributed by atoms with E-state index < -0.39 is 11.8 Å². The fourth-order valence-corrected chi connectivity index (χ4v) is 5.58. The van der Waals surface area contributed by atoms with Crippen molar-refractivity contribution in [3.8, 4) is 46.0 Å². The first-order chi connectivity index (χ1) is 22.5. The third kappa shape index (κ3) is 6.87. The maximum atomic E-state index is 10.2. The second-order valence-electron chi connectivity index (χ2n) is 11.1. The molecule has 0 amide bonds. The molecule has 238 valence electrons. The number of hydrogen-bond acceptors (Lipinski definition) is 8. The second kappa shape index (κ2) is 13.4. The third-order valence-electron chi connectivity index (χ3n) is 8.09. The Kier molecular flexibility index (Phi) is 9.14. The van der Waals surface area contributed by atoms with Crippen LogP contribution in [0.2, 0.25) is 0 Å². The van der Waals surface area contributed by atoms with E-state index in [4.69, 9.17) is 0 Å². The van der Waals surface area contributed by atoms with Crippen molar-refractivity contribution >= 4 is 5.57 Å². The first-order valence-corrected chi connectivity index (χ1v) is 14.7. The van der Waals surface area contributed by atoms with Crippen LogP contribution in [0.5, 0.6) is 46.0 Å². The molecule has 8 nitrogen and oxygen atoms in total. The summed E-state index contributed by atoms with van der Waals surface area (Å²) in [4.78, 5) is 0. The molecule has 5 rings (SSSR count). The van der Waals surface area contributed by atoms with E-state index in [1.807, 2.05) is 49.4 Å². The van der Waals surface area contributed by atoms with Gasteiger partial charge in [-0.15, -0.1) is 0 Å². The summed E-state index contributed by atoms with van der Waals surface area (Å²) in [5, 5.41) is 80.4. The van der Waals surface area contributed by atoms with Crippen molar-refractivity contribution in [2.45, 2.75) is 18.8 Å². The molecule has 0 aliphatic rings. The molecule has 5 aromatic carbocycles. The second-order valence-corrected chi connectivity index (χ2v) is 11.1. The van der Waals surface area contributed by atoms with Crippen molar-refractivity contribution in [1.29, 1.82) is 0 Å². The molecule has 0 atom stereocenters. The summed E-state index contributed by atoms with van der Waals surface area (Å²) in [6.45, 7) is 6.09. The largest absolute Gasteiger partial charge is 0.504 e. The normalized spacial score (nSPS) is 11.9. The number of rotatable bonds is 9. The molecular weight excluding hydrogens is 596 g/mol. The van der Waals surface area contributed by atoms with E-state index in [1.54, 1.807) is 24.3 Å². The van der Waals surface area contributed by atoms with Gasteiger partial charge in [-0.05, 0) is 100.0 Å². The fraction of sp³-hybridized carbons (Fsp3) is 0.0769. The van der Waals surface area contributed by atoms with Crippen LogP contribution >= 0.6 is 0 Å². The van der Waals surface area contributed by atoms with Gasteiger partial charge in [0.05, 0.1) is 0 Å². The highest BCUT2D eigenvalue weighted by Crippen LogP contribution is 2.41. The maximum Gasteiger partial charge on any atom is 0.157 e. The zero-order chi connectivity index (χ0) is 33.8. The first-order valence-electron chi connectivity index (χ1n) is 14.7. The van der Waals surface area contributed by atoms with Gasteiger partial charge >= 0.3 is 0 Å². The molecule has 0 unspecified atom stereocenters. The van der Waals surface area contributed by atoms with Crippen LogP contribution < -0.4 is 0 Å². The van der Waals surface area contributed by atoms with Gasteiger partial charge in [-0.3, -0.25) is 0 Å². The van der Waals surface area contributed by atoms with Gasteiger partial charge in [0.1, 0.15) is 0 Å². The summed E-state index contributed by atoms with van der Waals surface area (Å²) in [5.41, 5.74) is 5.68. The minimum Gasteiger partial charge on any atom is -0.504 e. The summed E-state index contributed by atoms with van der Waals surface area (Å²) >= 11 is 0. The summed E-state index contributed by atoms with van der Waals surface area (Å²) in [7, 11) is 0. The summed E-state index contributed by atoms with van der Waals surface area (Å²) in [6, 6.07) is 25.6. The smallest absolute Gasteiger partial charge is 0.157 e. The Morgan fingerprint density at radius 3 is 1.21 bits per heavy atom. The lowest BCUT2D eigenvalue weighted by Crippen LogP contribution is -2.04. The molecule has 47 heavy (non-hydrogen) atoms. The van der Waals surface area contributed by atoms with Crippen molar-refractivity contribution in [2.24, 2.45) is 0 Å². The molecule has 5 aromatic rings. The Hall–Kier alpha value is -6.28. The Balaban J connectivity index is 1.47. The highest BCUT2D eigenvalue weighted by atomic mass is 16.3. The lowest BCUT2D eigenvalue weighted by molar-refractivity contribution is 0.402. The van der Waals surface area contributed by atoms with Crippen LogP contribution in [-0.4, -0.2) is 40.9 Å². The van der Waals surface area contributed by atoms with Crippen LogP contribution in [0.25, 0.3) is 5.57 Å². The van der Waals surface area contributed by atoms with Crippen molar-refractivity contribution in [3.05, 3.63) is 161 Å². The lowest BCUT2D eigenvalue weighted by atomic mass is 9.83. The average Bonchev–Trinajstić information content (AvgIpc) is 3.06. The molecule has 0 aliphatic carbocycles. The van der Waals surface area contributed by atoms with E-state index in [9.17, 15) is 40.9 Å². The third-order valence-corrected chi connectivity index (χ3v) is 8.09. The molecule has 0 radical (unpaired) electrons. The minimum atomic E-state index is -0.478. The van der Waals surface area contributed by atoms with E-state index >= 15 is 0 Å². The SMILES string of the molecule is C=C(/C=C\C(=C/C)C(c1ccc(O)c(O)c1)c1ccc(O)c(O)c1)c1ccc(C(c2ccc(O)c(O)c2)c2ccc(O)c(O)c2)cc1. The maximum absolute atomic E-state index is 10.2. The molecule has 0 aliphatic heterocycles. The van der Waals surface area contributed by atoms with E-state index in [-0.39, 0.29) is 46.0 Å². The minimum absolute atomic E-state index is 0.258. The van der Waals surface area contributed by atoms with Crippen molar-refractivity contribution in [1.82, 2.24) is 0 Å². The highest BCUT2D eigenvalue weighted by molar-refractivity contribution is 5.73. The summed E-state index contributed by atoms with van der Waals surface area (Å²) in [6.07, 6.45) is 5.59. The molecule has 8 N–H and O–H groups in total. The topological polar surface area (TPSA) is 162 Å². The zero-order valence-electron chi connectivity index (χ0n) is 25.4. The molecule has 0 saturated carbocycles.